The maximum Gasteiger partial charge on any atom is 0.374 e. The lowest BCUT2D eigenvalue weighted by molar-refractivity contribution is -0.155. The Bertz CT molecular complexity index is 1230. The summed E-state index contributed by atoms with van der Waals surface area (Å²) in [5, 5.41) is 0. The third-order valence-corrected chi connectivity index (χ3v) is 7.00. The second-order valence-corrected chi connectivity index (χ2v) is 12.0. The van der Waals surface area contributed by atoms with Crippen LogP contribution in [0.4, 0.5) is 0 Å². The van der Waals surface area contributed by atoms with Crippen LogP contribution in [0.2, 0.25) is 0 Å². The summed E-state index contributed by atoms with van der Waals surface area (Å²) in [4.78, 5) is 105. The summed E-state index contributed by atoms with van der Waals surface area (Å²) in [6.07, 6.45) is 4.84. The lowest BCUT2D eigenvalue weighted by Gasteiger charge is -2.07. The van der Waals surface area contributed by atoms with Gasteiger partial charge in [0.2, 0.25) is 11.6 Å². The fourth-order valence-electron chi connectivity index (χ4n) is 3.98. The van der Waals surface area contributed by atoms with E-state index < -0.39 is 41.4 Å². The predicted octanol–water partition coefficient (Wildman–Crippen LogP) is 4.35. The molecule has 0 saturated carbocycles. The fourth-order valence-corrected chi connectivity index (χ4v) is 3.98. The molecular weight excluding hydrogens is 684 g/mol. The van der Waals surface area contributed by atoms with Crippen LogP contribution in [0.25, 0.3) is 0 Å². The van der Waals surface area contributed by atoms with E-state index in [-0.39, 0.29) is 95.5 Å². The molecule has 0 saturated heterocycles. The van der Waals surface area contributed by atoms with Gasteiger partial charge in [-0.05, 0) is 78.1 Å². The highest BCUT2D eigenvalue weighted by atomic mass is 16.6. The Morgan fingerprint density at radius 3 is 1.10 bits per heavy atom. The van der Waals surface area contributed by atoms with Crippen LogP contribution in [-0.2, 0) is 71.6 Å². The molecule has 292 valence electrons. The van der Waals surface area contributed by atoms with Crippen LogP contribution in [-0.4, -0.2) is 92.8 Å². The van der Waals surface area contributed by atoms with Gasteiger partial charge in [-0.3, -0.25) is 24.0 Å². The van der Waals surface area contributed by atoms with Gasteiger partial charge in [-0.15, -0.1) is 0 Å². The van der Waals surface area contributed by atoms with E-state index in [0.29, 0.717) is 56.9 Å². The van der Waals surface area contributed by atoms with Crippen molar-refractivity contribution >= 4 is 53.2 Å². The van der Waals surface area contributed by atoms with Gasteiger partial charge in [0.15, 0.2) is 0 Å². The summed E-state index contributed by atoms with van der Waals surface area (Å²) >= 11 is 0. The Balaban J connectivity index is 3.72. The van der Waals surface area contributed by atoms with E-state index in [1.165, 1.54) is 13.8 Å². The molecule has 0 radical (unpaired) electrons. The molecule has 15 nitrogen and oxygen atoms in total. The zero-order valence-corrected chi connectivity index (χ0v) is 30.6. The van der Waals surface area contributed by atoms with Gasteiger partial charge in [0.25, 0.3) is 0 Å². The molecule has 0 aliphatic carbocycles. The summed E-state index contributed by atoms with van der Waals surface area (Å²) in [7, 11) is 0. The number of carbonyl (C=O) groups excluding carboxylic acids is 9. The van der Waals surface area contributed by atoms with Crippen LogP contribution >= 0.6 is 0 Å². The van der Waals surface area contributed by atoms with Crippen molar-refractivity contribution in [3.05, 3.63) is 24.3 Å². The highest BCUT2D eigenvalue weighted by Gasteiger charge is 2.18. The van der Waals surface area contributed by atoms with E-state index >= 15 is 0 Å². The molecule has 0 atom stereocenters. The molecule has 0 aromatic rings. The van der Waals surface area contributed by atoms with Gasteiger partial charge < -0.3 is 28.4 Å². The summed E-state index contributed by atoms with van der Waals surface area (Å²) in [6.45, 7) is 10.6. The van der Waals surface area contributed by atoms with Crippen molar-refractivity contribution in [1.82, 2.24) is 0 Å². The summed E-state index contributed by atoms with van der Waals surface area (Å²) < 4.78 is 29.8. The minimum absolute atomic E-state index is 0.00379. The summed E-state index contributed by atoms with van der Waals surface area (Å²) in [6, 6.07) is 0. The van der Waals surface area contributed by atoms with E-state index in [2.05, 4.69) is 13.2 Å². The van der Waals surface area contributed by atoms with Gasteiger partial charge in [-0.25, -0.2) is 19.2 Å². The Kier molecular flexibility index (Phi) is 27.3. The third-order valence-electron chi connectivity index (χ3n) is 7.00. The Hall–Kier alpha value is -4.69. The van der Waals surface area contributed by atoms with E-state index in [1.807, 2.05) is 0 Å². The minimum atomic E-state index is -1.03. The quantitative estimate of drug-likeness (QED) is 0.0309. The molecule has 0 rings (SSSR count). The molecule has 0 aliphatic rings. The van der Waals surface area contributed by atoms with Crippen LogP contribution in [0.15, 0.2) is 24.3 Å². The number of hydrogen-bond donors (Lipinski definition) is 0. The van der Waals surface area contributed by atoms with Gasteiger partial charge in [-0.1, -0.05) is 13.2 Å². The predicted molar refractivity (Wildman–Crippen MR) is 184 cm³/mol. The van der Waals surface area contributed by atoms with Crippen molar-refractivity contribution in [2.45, 2.75) is 117 Å². The van der Waals surface area contributed by atoms with Crippen molar-refractivity contribution in [3.63, 3.8) is 0 Å². The molecule has 52 heavy (non-hydrogen) atoms. The number of ketones is 3. The SMILES string of the molecule is C=C(C)C(=O)OCCCC(=O)CCC(=O)C(=O)OCCCCCCOC(=O)C(=O)CCC(=O)OCCCCCCOC(=O)CCCOC(=O)C(=C)C. The third kappa shape index (κ3) is 27.1. The van der Waals surface area contributed by atoms with Crippen LogP contribution in [0.5, 0.6) is 0 Å². The average molecular weight is 739 g/mol. The lowest BCUT2D eigenvalue weighted by atomic mass is 10.1. The van der Waals surface area contributed by atoms with E-state index in [9.17, 15) is 43.2 Å². The molecular formula is C37H54O15. The summed E-state index contributed by atoms with van der Waals surface area (Å²) in [5.41, 5.74) is 0.552. The molecule has 0 aliphatic heterocycles. The Labute approximate surface area is 305 Å². The maximum absolute atomic E-state index is 12.0. The Morgan fingerprint density at radius 1 is 0.346 bits per heavy atom. The number of carbonyl (C=O) groups is 9. The highest BCUT2D eigenvalue weighted by Crippen LogP contribution is 2.07. The lowest BCUT2D eigenvalue weighted by Crippen LogP contribution is -2.19. The van der Waals surface area contributed by atoms with Crippen molar-refractivity contribution in [3.8, 4) is 0 Å². The van der Waals surface area contributed by atoms with Gasteiger partial charge in [0.05, 0.1) is 46.1 Å². The maximum atomic E-state index is 12.0. The first-order valence-corrected chi connectivity index (χ1v) is 17.6. The first kappa shape index (κ1) is 47.3. The molecule has 0 heterocycles. The normalized spacial score (nSPS) is 10.3. The molecule has 0 aromatic carbocycles. The van der Waals surface area contributed by atoms with Crippen LogP contribution < -0.4 is 0 Å². The second kappa shape index (κ2) is 30.0. The first-order chi connectivity index (χ1) is 24.7. The number of unbranched alkanes of at least 4 members (excludes halogenated alkanes) is 6. The van der Waals surface area contributed by atoms with Crippen LogP contribution in [0.1, 0.15) is 117 Å². The zero-order valence-electron chi connectivity index (χ0n) is 30.6. The van der Waals surface area contributed by atoms with Gasteiger partial charge in [-0.2, -0.15) is 0 Å². The van der Waals surface area contributed by atoms with Crippen molar-refractivity contribution < 1.29 is 71.6 Å². The van der Waals surface area contributed by atoms with Crippen molar-refractivity contribution in [2.24, 2.45) is 0 Å². The number of ether oxygens (including phenoxy) is 6. The smallest absolute Gasteiger partial charge is 0.374 e. The molecule has 0 N–H and O–H groups in total. The largest absolute Gasteiger partial charge is 0.466 e. The molecule has 0 fully saturated rings. The first-order valence-electron chi connectivity index (χ1n) is 17.6. The highest BCUT2D eigenvalue weighted by molar-refractivity contribution is 6.34. The summed E-state index contributed by atoms with van der Waals surface area (Å²) in [5.74, 6) is -5.91. The number of esters is 6. The molecule has 15 heteroatoms. The van der Waals surface area contributed by atoms with Gasteiger partial charge >= 0.3 is 35.8 Å². The van der Waals surface area contributed by atoms with Gasteiger partial charge in [0, 0.05) is 43.3 Å². The topological polar surface area (TPSA) is 209 Å². The molecule has 0 aromatic heterocycles. The molecule has 0 unspecified atom stereocenters. The van der Waals surface area contributed by atoms with Crippen LogP contribution in [0.3, 0.4) is 0 Å². The van der Waals surface area contributed by atoms with E-state index in [4.69, 9.17) is 28.4 Å². The standard InChI is InChI=1S/C37H54O15/c1-27(2)34(43)49-25-13-15-29(38)17-18-30(39)36(45)51-23-11-7-8-12-24-52-37(46)31(40)19-20-33(42)48-22-10-6-5-9-21-47-32(41)16-14-26-50-35(44)28(3)4/h1,3,5-26H2,2,4H3. The average Bonchev–Trinajstić information content (AvgIpc) is 3.11. The fraction of sp³-hybridized carbons (Fsp3) is 0.649. The van der Waals surface area contributed by atoms with Gasteiger partial charge in [0.1, 0.15) is 5.78 Å². The van der Waals surface area contributed by atoms with Crippen LogP contribution in [0, 0.1) is 0 Å². The Morgan fingerprint density at radius 2 is 0.673 bits per heavy atom. The zero-order chi connectivity index (χ0) is 39.1. The number of Topliss-reactive ketones (excluding diaryl/α,β-unsaturated/α-hetero) is 3. The molecule has 0 spiro atoms. The van der Waals surface area contributed by atoms with E-state index in [0.717, 1.165) is 12.8 Å². The molecule has 0 bridgehead atoms. The molecule has 0 amide bonds. The van der Waals surface area contributed by atoms with Crippen molar-refractivity contribution in [1.29, 1.82) is 0 Å². The van der Waals surface area contributed by atoms with E-state index in [1.54, 1.807) is 0 Å². The number of rotatable bonds is 32. The second-order valence-electron chi connectivity index (χ2n) is 12.0. The monoisotopic (exact) mass is 738 g/mol. The minimum Gasteiger partial charge on any atom is -0.466 e. The number of hydrogen-bond acceptors (Lipinski definition) is 15. The van der Waals surface area contributed by atoms with Crippen molar-refractivity contribution in [2.75, 3.05) is 39.6 Å².